The molecule has 1 saturated heterocycles. The number of carbonyl (C=O) groups is 1. The van der Waals surface area contributed by atoms with Gasteiger partial charge in [-0.15, -0.1) is 0 Å². The summed E-state index contributed by atoms with van der Waals surface area (Å²) < 4.78 is 11.6. The Morgan fingerprint density at radius 3 is 2.36 bits per heavy atom. The predicted octanol–water partition coefficient (Wildman–Crippen LogP) is 8.43. The lowest BCUT2D eigenvalue weighted by molar-refractivity contribution is -0.109. The predicted molar refractivity (Wildman–Crippen MR) is 175 cm³/mol. The Bertz CT molecular complexity index is 1270. The highest BCUT2D eigenvalue weighted by atomic mass is 35.5. The van der Waals surface area contributed by atoms with Crippen LogP contribution in [0.2, 0.25) is 5.02 Å². The number of nitrogens with zero attached hydrogens (tertiary/aromatic N) is 1. The molecule has 5 rings (SSSR count). The first-order valence-electron chi connectivity index (χ1n) is 15.7. The van der Waals surface area contributed by atoms with Gasteiger partial charge < -0.3 is 19.6 Å². The summed E-state index contributed by atoms with van der Waals surface area (Å²) in [5, 5.41) is 4.08. The topological polar surface area (TPSA) is 50.8 Å². The number of nitrogens with one attached hydrogen (secondary N) is 1. The maximum Gasteiger partial charge on any atom is 0.134 e. The molecule has 3 aromatic carbocycles. The third kappa shape index (κ3) is 8.08. The molecular formula is C36H47ClN2O3. The van der Waals surface area contributed by atoms with E-state index in [2.05, 4.69) is 73.5 Å². The molecule has 1 unspecified atom stereocenters. The van der Waals surface area contributed by atoms with Gasteiger partial charge in [0.1, 0.15) is 17.8 Å². The number of hydrogen-bond acceptors (Lipinski definition) is 5. The Kier molecular flexibility index (Phi) is 12.2. The highest BCUT2D eigenvalue weighted by molar-refractivity contribution is 6.30. The highest BCUT2D eigenvalue weighted by Gasteiger charge is 2.34. The van der Waals surface area contributed by atoms with Gasteiger partial charge in [0.2, 0.25) is 0 Å². The Morgan fingerprint density at radius 1 is 1.00 bits per heavy atom. The molecule has 1 fully saturated rings. The standard InChI is InChI=1S/C25H31NO3.C11H16ClN/c1-2-3-4-14-28-23-9-7-19(8-10-23)24-16-22(18-26(24)12-13-27)21-6-5-20-11-15-29-25(20)17-21;1-4-8-6-10(12)7-9(5-2)11(8)13-3/h5-10,13,17,22,24H,2-4,11-12,14-16,18H2,1H3;6-7,13H,4-5H2,1-3H3/t22-,24?;/m1./s1. The zero-order chi connectivity index (χ0) is 29.9. The Hall–Kier alpha value is -3.02. The van der Waals surface area contributed by atoms with Gasteiger partial charge in [-0.3, -0.25) is 4.90 Å². The molecule has 2 heterocycles. The second kappa shape index (κ2) is 16.0. The molecule has 226 valence electrons. The number of anilines is 1. The van der Waals surface area contributed by atoms with Gasteiger partial charge >= 0.3 is 0 Å². The summed E-state index contributed by atoms with van der Waals surface area (Å²) in [4.78, 5) is 13.6. The second-order valence-corrected chi connectivity index (χ2v) is 11.7. The van der Waals surface area contributed by atoms with Crippen molar-refractivity contribution in [3.05, 3.63) is 87.4 Å². The summed E-state index contributed by atoms with van der Waals surface area (Å²) in [5.41, 5.74) is 7.73. The largest absolute Gasteiger partial charge is 0.494 e. The number of unbranched alkanes of at least 4 members (excludes halogenated alkanes) is 2. The molecule has 0 spiro atoms. The number of likely N-dealkylation sites (tertiary alicyclic amines) is 1. The van der Waals surface area contributed by atoms with Gasteiger partial charge in [0, 0.05) is 36.8 Å². The first kappa shape index (κ1) is 31.9. The quantitative estimate of drug-likeness (QED) is 0.169. The van der Waals surface area contributed by atoms with E-state index >= 15 is 0 Å². The van der Waals surface area contributed by atoms with Crippen molar-refractivity contribution in [2.45, 2.75) is 77.7 Å². The molecule has 6 heteroatoms. The van der Waals surface area contributed by atoms with Crippen molar-refractivity contribution in [3.8, 4) is 11.5 Å². The van der Waals surface area contributed by atoms with Crippen molar-refractivity contribution in [3.63, 3.8) is 0 Å². The third-order valence-electron chi connectivity index (χ3n) is 8.46. The van der Waals surface area contributed by atoms with E-state index in [4.69, 9.17) is 21.1 Å². The molecule has 0 amide bonds. The van der Waals surface area contributed by atoms with Crippen LogP contribution in [0.15, 0.2) is 54.6 Å². The van der Waals surface area contributed by atoms with Crippen LogP contribution in [0.1, 0.15) is 86.2 Å². The Morgan fingerprint density at radius 2 is 1.71 bits per heavy atom. The molecule has 2 atom stereocenters. The summed E-state index contributed by atoms with van der Waals surface area (Å²) in [6.07, 6.45) is 8.58. The van der Waals surface area contributed by atoms with Crippen molar-refractivity contribution >= 4 is 23.6 Å². The summed E-state index contributed by atoms with van der Waals surface area (Å²) in [7, 11) is 1.96. The lowest BCUT2D eigenvalue weighted by atomic mass is 9.93. The Labute approximate surface area is 257 Å². The molecule has 0 radical (unpaired) electrons. The molecule has 5 nitrogen and oxygen atoms in total. The van der Waals surface area contributed by atoms with Crippen molar-refractivity contribution < 1.29 is 14.3 Å². The number of benzene rings is 3. The van der Waals surface area contributed by atoms with Crippen molar-refractivity contribution in [2.24, 2.45) is 0 Å². The lowest BCUT2D eigenvalue weighted by Gasteiger charge is -2.22. The number of ether oxygens (including phenoxy) is 2. The number of rotatable bonds is 12. The van der Waals surface area contributed by atoms with E-state index in [0.717, 1.165) is 74.7 Å². The van der Waals surface area contributed by atoms with E-state index in [-0.39, 0.29) is 6.04 Å². The molecule has 42 heavy (non-hydrogen) atoms. The summed E-state index contributed by atoms with van der Waals surface area (Å²) in [5.74, 6) is 2.38. The average Bonchev–Trinajstić information content (AvgIpc) is 3.66. The average molecular weight is 591 g/mol. The molecule has 0 bridgehead atoms. The number of aryl methyl sites for hydroxylation is 2. The van der Waals surface area contributed by atoms with Crippen LogP contribution in [0.4, 0.5) is 5.69 Å². The van der Waals surface area contributed by atoms with Crippen LogP contribution in [0, 0.1) is 0 Å². The van der Waals surface area contributed by atoms with Gasteiger partial charge in [-0.2, -0.15) is 0 Å². The zero-order valence-electron chi connectivity index (χ0n) is 25.8. The van der Waals surface area contributed by atoms with E-state index in [1.807, 2.05) is 19.2 Å². The van der Waals surface area contributed by atoms with Crippen LogP contribution in [0.25, 0.3) is 0 Å². The fourth-order valence-electron chi connectivity index (χ4n) is 6.16. The molecule has 0 aliphatic carbocycles. The monoisotopic (exact) mass is 590 g/mol. The van der Waals surface area contributed by atoms with E-state index < -0.39 is 0 Å². The van der Waals surface area contributed by atoms with Gasteiger partial charge in [0.15, 0.2) is 0 Å². The molecule has 3 aromatic rings. The van der Waals surface area contributed by atoms with E-state index in [1.165, 1.54) is 46.3 Å². The van der Waals surface area contributed by atoms with E-state index in [1.54, 1.807) is 0 Å². The number of aldehydes is 1. The maximum atomic E-state index is 11.3. The third-order valence-corrected chi connectivity index (χ3v) is 8.68. The molecule has 0 aromatic heterocycles. The fourth-order valence-corrected chi connectivity index (χ4v) is 6.42. The minimum atomic E-state index is 0.258. The fraction of sp³-hybridized carbons (Fsp3) is 0.472. The number of halogens is 1. The summed E-state index contributed by atoms with van der Waals surface area (Å²) >= 11 is 6.01. The van der Waals surface area contributed by atoms with Crippen LogP contribution >= 0.6 is 11.6 Å². The van der Waals surface area contributed by atoms with Gasteiger partial charge in [0.05, 0.1) is 19.8 Å². The van der Waals surface area contributed by atoms with Crippen LogP contribution < -0.4 is 14.8 Å². The highest BCUT2D eigenvalue weighted by Crippen LogP contribution is 2.42. The van der Waals surface area contributed by atoms with Gasteiger partial charge in [-0.05, 0) is 89.8 Å². The maximum absolute atomic E-state index is 11.3. The van der Waals surface area contributed by atoms with E-state index in [9.17, 15) is 4.79 Å². The minimum absolute atomic E-state index is 0.258. The van der Waals surface area contributed by atoms with E-state index in [0.29, 0.717) is 12.5 Å². The minimum Gasteiger partial charge on any atom is -0.494 e. The van der Waals surface area contributed by atoms with Gasteiger partial charge in [0.25, 0.3) is 0 Å². The van der Waals surface area contributed by atoms with Crippen molar-refractivity contribution in [1.82, 2.24) is 4.90 Å². The molecule has 1 N–H and O–H groups in total. The van der Waals surface area contributed by atoms with Gasteiger partial charge in [-0.25, -0.2) is 0 Å². The summed E-state index contributed by atoms with van der Waals surface area (Å²) in [6, 6.07) is 19.4. The second-order valence-electron chi connectivity index (χ2n) is 11.2. The first-order chi connectivity index (χ1) is 20.5. The Balaban J connectivity index is 0.000000262. The van der Waals surface area contributed by atoms with Crippen LogP contribution in [0.3, 0.4) is 0 Å². The van der Waals surface area contributed by atoms with Gasteiger partial charge in [-0.1, -0.05) is 69.5 Å². The smallest absolute Gasteiger partial charge is 0.134 e. The van der Waals surface area contributed by atoms with Crippen LogP contribution in [0.5, 0.6) is 11.5 Å². The number of carbonyl (C=O) groups excluding carboxylic acids is 1. The summed E-state index contributed by atoms with van der Waals surface area (Å²) in [6.45, 7) is 9.42. The molecule has 0 saturated carbocycles. The SMILES string of the molecule is CCCCCOc1ccc(C2C[C@@H](c3ccc4c(c3)OCC4)CN2CC=O)cc1.CCc1cc(Cl)cc(CC)c1NC. The molecule has 2 aliphatic heterocycles. The molecule has 2 aliphatic rings. The van der Waals surface area contributed by atoms with Crippen molar-refractivity contribution in [1.29, 1.82) is 0 Å². The number of fused-ring (bicyclic) bond motifs is 1. The van der Waals surface area contributed by atoms with Crippen molar-refractivity contribution in [2.75, 3.05) is 38.7 Å². The van der Waals surface area contributed by atoms with Crippen LogP contribution in [-0.4, -0.2) is 44.5 Å². The molecular weight excluding hydrogens is 544 g/mol. The normalized spacial score (nSPS) is 17.6. The van der Waals surface area contributed by atoms with Crippen LogP contribution in [-0.2, 0) is 24.1 Å². The zero-order valence-corrected chi connectivity index (χ0v) is 26.5. The number of hydrogen-bond donors (Lipinski definition) is 1. The lowest BCUT2D eigenvalue weighted by Crippen LogP contribution is -2.25. The first-order valence-corrected chi connectivity index (χ1v) is 16.0.